The van der Waals surface area contributed by atoms with Gasteiger partial charge in [-0.15, -0.1) is 0 Å². The summed E-state index contributed by atoms with van der Waals surface area (Å²) in [6, 6.07) is 0. The molecule has 0 radical (unpaired) electrons. The van der Waals surface area contributed by atoms with Gasteiger partial charge >= 0.3 is 24.6 Å². The fraction of sp³-hybridized carbons (Fsp3) is 0.600. The Morgan fingerprint density at radius 3 is 1.73 bits per heavy atom. The third-order valence-electron chi connectivity index (χ3n) is 2.22. The van der Waals surface area contributed by atoms with E-state index in [0.29, 0.717) is 0 Å². The van der Waals surface area contributed by atoms with Crippen LogP contribution in [-0.4, -0.2) is 70.0 Å². The molecule has 4 N–H and O–H groups in total. The Morgan fingerprint density at radius 2 is 1.32 bits per heavy atom. The van der Waals surface area contributed by atoms with Crippen molar-refractivity contribution >= 4 is 24.6 Å². The van der Waals surface area contributed by atoms with Crippen molar-refractivity contribution < 1.29 is 58.6 Å². The summed E-state index contributed by atoms with van der Waals surface area (Å²) >= 11 is 0. The lowest BCUT2D eigenvalue weighted by atomic mass is 10.1. The highest BCUT2D eigenvalue weighted by molar-refractivity contribution is 5.59. The molecule has 0 amide bonds. The summed E-state index contributed by atoms with van der Waals surface area (Å²) in [6.07, 6.45) is -11.6. The van der Waals surface area contributed by atoms with Crippen molar-refractivity contribution in [2.45, 2.75) is 31.7 Å². The van der Waals surface area contributed by atoms with Gasteiger partial charge in [-0.2, -0.15) is 0 Å². The Hall–Kier alpha value is -2.92. The molecule has 0 aromatic rings. The van der Waals surface area contributed by atoms with E-state index >= 15 is 0 Å². The van der Waals surface area contributed by atoms with E-state index in [1.54, 1.807) is 0 Å². The molecule has 0 bridgehead atoms. The van der Waals surface area contributed by atoms with Gasteiger partial charge in [0.05, 0.1) is 0 Å². The van der Waals surface area contributed by atoms with Crippen molar-refractivity contribution in [2.24, 2.45) is 0 Å². The second kappa shape index (κ2) is 9.10. The molecule has 3 unspecified atom stereocenters. The highest BCUT2D eigenvalue weighted by Crippen LogP contribution is 2.15. The number of ether oxygens (including phenoxy) is 4. The highest BCUT2D eigenvalue weighted by Gasteiger charge is 2.30. The van der Waals surface area contributed by atoms with Crippen molar-refractivity contribution in [3.05, 3.63) is 0 Å². The number of hydrogen-bond acceptors (Lipinski definition) is 8. The van der Waals surface area contributed by atoms with Crippen molar-refractivity contribution in [3.8, 4) is 0 Å². The van der Waals surface area contributed by atoms with Gasteiger partial charge in [-0.1, -0.05) is 0 Å². The number of rotatable bonds is 8. The lowest BCUT2D eigenvalue weighted by Gasteiger charge is -2.25. The average molecular weight is 326 g/mol. The average Bonchev–Trinajstić information content (AvgIpc) is 2.32. The molecule has 0 aliphatic rings. The van der Waals surface area contributed by atoms with Crippen LogP contribution in [0.2, 0.25) is 0 Å². The van der Waals surface area contributed by atoms with E-state index in [1.165, 1.54) is 0 Å². The third-order valence-corrected chi connectivity index (χ3v) is 2.22. The highest BCUT2D eigenvalue weighted by atomic mass is 16.7. The van der Waals surface area contributed by atoms with Crippen LogP contribution in [0.5, 0.6) is 0 Å². The normalized spacial score (nSPS) is 14.0. The number of carbonyl (C=O) groups is 4. The van der Waals surface area contributed by atoms with E-state index in [9.17, 15) is 19.2 Å². The van der Waals surface area contributed by atoms with Gasteiger partial charge < -0.3 is 39.4 Å². The van der Waals surface area contributed by atoms with Crippen LogP contribution in [0.25, 0.3) is 0 Å². The summed E-state index contributed by atoms with van der Waals surface area (Å²) in [7, 11) is 0. The Morgan fingerprint density at radius 1 is 0.818 bits per heavy atom. The van der Waals surface area contributed by atoms with Gasteiger partial charge in [0.15, 0.2) is 0 Å². The molecule has 0 fully saturated rings. The smallest absolute Gasteiger partial charge is 0.450 e. The molecule has 12 heteroatoms. The van der Waals surface area contributed by atoms with Crippen LogP contribution in [0.1, 0.15) is 13.3 Å². The minimum absolute atomic E-state index is 0.514. The summed E-state index contributed by atoms with van der Waals surface area (Å²) in [4.78, 5) is 41.8. The predicted molar refractivity (Wildman–Crippen MR) is 63.0 cm³/mol. The van der Waals surface area contributed by atoms with Gasteiger partial charge in [-0.3, -0.25) is 0 Å². The van der Waals surface area contributed by atoms with Gasteiger partial charge in [-0.25, -0.2) is 19.2 Å². The number of carboxylic acid groups (broad SMARTS) is 4. The first kappa shape index (κ1) is 19.1. The van der Waals surface area contributed by atoms with E-state index in [1.807, 2.05) is 0 Å². The van der Waals surface area contributed by atoms with Gasteiger partial charge in [0.25, 0.3) is 0 Å². The second-order valence-corrected chi connectivity index (χ2v) is 3.83. The second-order valence-electron chi connectivity index (χ2n) is 3.83. The van der Waals surface area contributed by atoms with E-state index in [0.717, 1.165) is 6.92 Å². The monoisotopic (exact) mass is 326 g/mol. The standard InChI is InChI=1S/C10H14O12/c1-4(20-8(13)14)6(22-10(17)18)2-5(21-9(15)16)3-19-7(11)12/h4-6H,2-3H2,1H3,(H,11,12)(H,13,14)(H,15,16)(H,17,18). The Kier molecular flexibility index (Phi) is 7.89. The quantitative estimate of drug-likeness (QED) is 0.370. The fourth-order valence-corrected chi connectivity index (χ4v) is 1.42. The maximum absolute atomic E-state index is 10.6. The zero-order valence-electron chi connectivity index (χ0n) is 11.2. The topological polar surface area (TPSA) is 186 Å². The first-order valence-electron chi connectivity index (χ1n) is 5.66. The van der Waals surface area contributed by atoms with E-state index in [4.69, 9.17) is 20.4 Å². The van der Waals surface area contributed by atoms with Crippen molar-refractivity contribution in [1.82, 2.24) is 0 Å². The molecule has 0 spiro atoms. The molecule has 12 nitrogen and oxygen atoms in total. The largest absolute Gasteiger partial charge is 0.506 e. The lowest BCUT2D eigenvalue weighted by Crippen LogP contribution is -2.38. The number of hydrogen-bond donors (Lipinski definition) is 4. The molecule has 0 aliphatic carbocycles. The van der Waals surface area contributed by atoms with Gasteiger partial charge in [0.2, 0.25) is 0 Å². The van der Waals surface area contributed by atoms with Crippen LogP contribution in [0.15, 0.2) is 0 Å². The maximum Gasteiger partial charge on any atom is 0.506 e. The van der Waals surface area contributed by atoms with Gasteiger partial charge in [0, 0.05) is 6.42 Å². The zero-order chi connectivity index (χ0) is 17.3. The van der Waals surface area contributed by atoms with E-state index in [-0.39, 0.29) is 0 Å². The molecule has 0 saturated carbocycles. The Labute approximate surface area is 122 Å². The molecule has 22 heavy (non-hydrogen) atoms. The maximum atomic E-state index is 10.6. The van der Waals surface area contributed by atoms with Crippen LogP contribution in [0.3, 0.4) is 0 Å². The summed E-state index contributed by atoms with van der Waals surface area (Å²) in [5.41, 5.74) is 0. The molecule has 0 aromatic carbocycles. The summed E-state index contributed by atoms with van der Waals surface area (Å²) in [5, 5.41) is 33.9. The summed E-state index contributed by atoms with van der Waals surface area (Å²) < 4.78 is 17.2. The SMILES string of the molecule is CC(OC(=O)O)C(CC(COC(=O)O)OC(=O)O)OC(=O)O. The molecule has 0 rings (SSSR count). The van der Waals surface area contributed by atoms with Crippen LogP contribution in [0.4, 0.5) is 19.2 Å². The van der Waals surface area contributed by atoms with Gasteiger partial charge in [0.1, 0.15) is 24.9 Å². The van der Waals surface area contributed by atoms with E-state index in [2.05, 4.69) is 18.9 Å². The molecule has 0 aromatic heterocycles. The molecule has 126 valence electrons. The summed E-state index contributed by atoms with van der Waals surface area (Å²) in [5.74, 6) is 0. The molecule has 0 heterocycles. The fourth-order valence-electron chi connectivity index (χ4n) is 1.42. The molecule has 0 saturated heterocycles. The first-order chi connectivity index (χ1) is 10.1. The zero-order valence-corrected chi connectivity index (χ0v) is 11.2. The molecule has 3 atom stereocenters. The molecular weight excluding hydrogens is 312 g/mol. The van der Waals surface area contributed by atoms with Crippen molar-refractivity contribution in [2.75, 3.05) is 6.61 Å². The molecular formula is C10H14O12. The lowest BCUT2D eigenvalue weighted by molar-refractivity contribution is -0.0647. The van der Waals surface area contributed by atoms with E-state index < -0.39 is 56.0 Å². The van der Waals surface area contributed by atoms with Crippen molar-refractivity contribution in [1.29, 1.82) is 0 Å². The Bertz CT molecular complexity index is 418. The van der Waals surface area contributed by atoms with Crippen LogP contribution in [0, 0.1) is 0 Å². The first-order valence-corrected chi connectivity index (χ1v) is 5.66. The van der Waals surface area contributed by atoms with Crippen LogP contribution < -0.4 is 0 Å². The minimum Gasteiger partial charge on any atom is -0.450 e. The minimum atomic E-state index is -1.76. The summed E-state index contributed by atoms with van der Waals surface area (Å²) in [6.45, 7) is 0.429. The van der Waals surface area contributed by atoms with Crippen LogP contribution in [-0.2, 0) is 18.9 Å². The predicted octanol–water partition coefficient (Wildman–Crippen LogP) is 1.28. The third kappa shape index (κ3) is 9.06. The van der Waals surface area contributed by atoms with Crippen molar-refractivity contribution in [3.63, 3.8) is 0 Å². The Balaban J connectivity index is 4.90. The van der Waals surface area contributed by atoms with Crippen LogP contribution >= 0.6 is 0 Å². The van der Waals surface area contributed by atoms with Gasteiger partial charge in [-0.05, 0) is 6.92 Å². The molecule has 0 aliphatic heterocycles.